The van der Waals surface area contributed by atoms with Gasteiger partial charge in [-0.3, -0.25) is 28.5 Å². The van der Waals surface area contributed by atoms with Crippen molar-refractivity contribution >= 4 is 69.5 Å². The molecule has 12 N–H and O–H groups in total. The first kappa shape index (κ1) is 47.6. The highest BCUT2D eigenvalue weighted by Gasteiger charge is 2.51. The van der Waals surface area contributed by atoms with Crippen LogP contribution in [0.15, 0.2) is 74.9 Å². The van der Waals surface area contributed by atoms with Crippen molar-refractivity contribution < 1.29 is 94.6 Å². The molecule has 4 heterocycles. The van der Waals surface area contributed by atoms with Crippen LogP contribution < -0.4 is 31.9 Å². The molecule has 7 rings (SSSR count). The van der Waals surface area contributed by atoms with Crippen LogP contribution >= 0.6 is 23.5 Å². The number of phenols is 1. The highest BCUT2D eigenvalue weighted by molar-refractivity contribution is 7.66. The number of hydrogen-bond donors (Lipinski definition) is 11. The topological polar surface area (TPSA) is 425 Å². The molecule has 0 saturated carbocycles. The zero-order valence-electron chi connectivity index (χ0n) is 33.3. The minimum Gasteiger partial charge on any atom is -0.508 e. The van der Waals surface area contributed by atoms with Crippen LogP contribution in [0.25, 0.3) is 44.6 Å². The molecule has 2 aromatic heterocycles. The summed E-state index contributed by atoms with van der Waals surface area (Å²) in [5.41, 5.74) is 4.86. The number of phenolic OH excluding ortho intramolecular Hbond substituents is 1. The number of imidazole rings is 1. The standard InChI is InChI=1S/C35H34N7O21P3/c1-41-14-42(29-26(41)31(47)40-34(36)39-29)32-27(45)28(24(60-32)13-58-65(54,55)63-66(56,57)62-64(51,52)53)61-35(50)38-9-8-37-30(46)15-2-5-18(33(48)49)21(10-15)25-19-6-3-16(43)11-22(19)59-23-12-17(44)4-7-20(23)25/h2-7,10-12,14,24,27-28,32,45H,8-9,13H2,1H3,(H10-,36,37,38,39,40,43,44,46,47,48,49,50,51,52,53,54,55,56,57)/p+1/t24-,27-,28-,32-/m1/s1. The fraction of sp³-hybridized carbons (Fsp3) is 0.229. The van der Waals surface area contributed by atoms with E-state index in [1.165, 1.54) is 72.5 Å². The van der Waals surface area contributed by atoms with Crippen molar-refractivity contribution in [3.05, 3.63) is 92.6 Å². The van der Waals surface area contributed by atoms with Gasteiger partial charge >= 0.3 is 41.2 Å². The lowest BCUT2D eigenvalue weighted by atomic mass is 9.89. The van der Waals surface area contributed by atoms with Gasteiger partial charge in [0.05, 0.1) is 19.2 Å². The van der Waals surface area contributed by atoms with Crippen molar-refractivity contribution in [2.24, 2.45) is 7.05 Å². The number of nitrogen functional groups attached to an aromatic ring is 1. The maximum Gasteiger partial charge on any atom is 0.490 e. The van der Waals surface area contributed by atoms with Crippen molar-refractivity contribution in [3.63, 3.8) is 0 Å². The molecule has 2 unspecified atom stereocenters. The Kier molecular flexibility index (Phi) is 13.1. The number of nitrogens with zero attached hydrogens (tertiary/aromatic N) is 3. The van der Waals surface area contributed by atoms with Crippen molar-refractivity contribution in [1.29, 1.82) is 0 Å². The molecule has 2 aromatic carbocycles. The molecular weight excluding hydrogens is 947 g/mol. The van der Waals surface area contributed by atoms with Crippen LogP contribution in [0.1, 0.15) is 26.9 Å². The predicted octanol–water partition coefficient (Wildman–Crippen LogP) is 0.540. The Hall–Kier alpha value is -6.38. The summed E-state index contributed by atoms with van der Waals surface area (Å²) >= 11 is 0. The zero-order chi connectivity index (χ0) is 48.0. The van der Waals surface area contributed by atoms with Crippen molar-refractivity contribution in [1.82, 2.24) is 25.2 Å². The van der Waals surface area contributed by atoms with E-state index >= 15 is 0 Å². The number of rotatable bonds is 15. The van der Waals surface area contributed by atoms with E-state index < -0.39 is 83.6 Å². The number of anilines is 1. The predicted molar refractivity (Wildman–Crippen MR) is 219 cm³/mol. The number of aliphatic hydroxyl groups excluding tert-OH is 1. The molecule has 350 valence electrons. The molecule has 0 bridgehead atoms. The number of aromatic hydroxyl groups is 1. The summed E-state index contributed by atoms with van der Waals surface area (Å²) in [6.45, 7) is -1.84. The summed E-state index contributed by atoms with van der Waals surface area (Å²) < 4.78 is 66.9. The number of ether oxygens (including phenoxy) is 2. The average molecular weight is 983 g/mol. The number of aliphatic hydroxyl groups is 1. The number of amides is 2. The molecule has 1 saturated heterocycles. The highest BCUT2D eigenvalue weighted by atomic mass is 31.3. The maximum absolute atomic E-state index is 13.4. The first-order chi connectivity index (χ1) is 30.9. The summed E-state index contributed by atoms with van der Waals surface area (Å²) in [4.78, 5) is 107. The number of hydrogen-bond acceptors (Lipinski definition) is 18. The normalized spacial score (nSPS) is 19.4. The van der Waals surface area contributed by atoms with Gasteiger partial charge < -0.3 is 65.2 Å². The second-order valence-corrected chi connectivity index (χ2v) is 18.6. The van der Waals surface area contributed by atoms with E-state index in [0.29, 0.717) is 10.9 Å². The molecular formula is C35H35N7O21P3+. The Morgan fingerprint density at radius 2 is 1.68 bits per heavy atom. The maximum atomic E-state index is 13.4. The van der Waals surface area contributed by atoms with Gasteiger partial charge in [0.2, 0.25) is 11.7 Å². The first-order valence-electron chi connectivity index (χ1n) is 18.6. The van der Waals surface area contributed by atoms with Gasteiger partial charge in [-0.05, 0) is 48.0 Å². The van der Waals surface area contributed by atoms with Gasteiger partial charge in [0.1, 0.15) is 23.2 Å². The number of nitrogens with two attached hydrogens (primary N) is 1. The molecule has 4 aromatic rings. The molecule has 1 fully saturated rings. The number of H-pyrrole nitrogens is 1. The number of fused-ring (bicyclic) bond motifs is 3. The molecule has 1 aliphatic carbocycles. The number of aromatic nitrogens is 4. The van der Waals surface area contributed by atoms with E-state index in [4.69, 9.17) is 29.4 Å². The fourth-order valence-electron chi connectivity index (χ4n) is 6.99. The number of benzene rings is 3. The summed E-state index contributed by atoms with van der Waals surface area (Å²) in [6.07, 6.45) is -7.18. The Bertz CT molecular complexity index is 3170. The monoisotopic (exact) mass is 982 g/mol. The third-order valence-corrected chi connectivity index (χ3v) is 13.4. The van der Waals surface area contributed by atoms with Gasteiger partial charge in [-0.15, -0.1) is 0 Å². The molecule has 31 heteroatoms. The van der Waals surface area contributed by atoms with Gasteiger partial charge in [-0.25, -0.2) is 27.9 Å². The molecule has 3 aliphatic rings. The van der Waals surface area contributed by atoms with E-state index in [-0.39, 0.29) is 69.5 Å². The smallest absolute Gasteiger partial charge is 0.490 e. The van der Waals surface area contributed by atoms with Crippen LogP contribution in [0.2, 0.25) is 0 Å². The van der Waals surface area contributed by atoms with E-state index in [1.807, 2.05) is 0 Å². The second-order valence-electron chi connectivity index (χ2n) is 14.1. The number of carboxylic acids is 1. The number of phosphoric acid groups is 3. The Balaban J connectivity index is 1.07. The van der Waals surface area contributed by atoms with Gasteiger partial charge in [-0.2, -0.15) is 8.62 Å². The van der Waals surface area contributed by atoms with Gasteiger partial charge in [-0.1, -0.05) is 4.98 Å². The largest absolute Gasteiger partial charge is 0.508 e. The molecule has 2 amide bonds. The zero-order valence-corrected chi connectivity index (χ0v) is 36.0. The number of aryl methyl sites for hydroxylation is 1. The quantitative estimate of drug-likeness (QED) is 0.0289. The third kappa shape index (κ3) is 10.3. The number of carbonyl (C=O) groups excluding carboxylic acids is 2. The third-order valence-electron chi connectivity index (χ3n) is 9.57. The highest BCUT2D eigenvalue weighted by Crippen LogP contribution is 2.66. The van der Waals surface area contributed by atoms with Crippen LogP contribution in [0.3, 0.4) is 0 Å². The van der Waals surface area contributed by atoms with Crippen LogP contribution in [0.4, 0.5) is 10.7 Å². The van der Waals surface area contributed by atoms with Gasteiger partial charge in [0.15, 0.2) is 24.0 Å². The van der Waals surface area contributed by atoms with Crippen LogP contribution in [0, 0.1) is 0 Å². The summed E-state index contributed by atoms with van der Waals surface area (Å²) in [6, 6.07) is 11.7. The van der Waals surface area contributed by atoms with Crippen molar-refractivity contribution in [2.45, 2.75) is 24.5 Å². The van der Waals surface area contributed by atoms with Crippen molar-refractivity contribution in [2.75, 3.05) is 25.4 Å². The molecule has 6 atom stereocenters. The van der Waals surface area contributed by atoms with E-state index in [9.17, 15) is 62.8 Å². The number of nitrogens with one attached hydrogen (secondary N) is 3. The average Bonchev–Trinajstić information content (AvgIpc) is 3.70. The number of alkyl carbamates (subject to hydrolysis) is 1. The number of carboxylic acid groups (broad SMARTS) is 1. The molecule has 2 aliphatic heterocycles. The van der Waals surface area contributed by atoms with Crippen molar-refractivity contribution in [3.8, 4) is 28.2 Å². The first-order valence-corrected chi connectivity index (χ1v) is 23.1. The number of phosphoric ester groups is 1. The molecule has 66 heavy (non-hydrogen) atoms. The minimum atomic E-state index is -5.95. The minimum absolute atomic E-state index is 0.0424. The van der Waals surface area contributed by atoms with Gasteiger partial charge in [0.25, 0.3) is 17.4 Å². The van der Waals surface area contributed by atoms with Crippen LogP contribution in [-0.4, -0.2) is 105 Å². The van der Waals surface area contributed by atoms with Crippen LogP contribution in [0.5, 0.6) is 5.75 Å². The summed E-state index contributed by atoms with van der Waals surface area (Å²) in [7, 11) is -16.0. The Morgan fingerprint density at radius 3 is 2.39 bits per heavy atom. The second kappa shape index (κ2) is 18.1. The summed E-state index contributed by atoms with van der Waals surface area (Å²) in [5, 5.41) is 36.8. The van der Waals surface area contributed by atoms with Crippen LogP contribution in [-0.2, 0) is 43.4 Å². The van der Waals surface area contributed by atoms with E-state index in [1.54, 1.807) is 0 Å². The molecule has 28 nitrogen and oxygen atoms in total. The van der Waals surface area contributed by atoms with Gasteiger partial charge in [0, 0.05) is 47.3 Å². The lowest BCUT2D eigenvalue weighted by molar-refractivity contribution is -0.745. The fourth-order valence-corrected chi connectivity index (χ4v) is 10.0. The summed E-state index contributed by atoms with van der Waals surface area (Å²) in [5.74, 6) is -2.55. The SMILES string of the molecule is Cn1c[n+]([C@@H]2O[C@H](COP(=O)(O)OP(=O)(O)OP(=O)(O)O)[C@@H](OC(=O)NCCNC(=O)c3ccc(C(=O)O)c(-c4c5ccc(=O)cc-5oc5cc(O)ccc45)c3)[C@H]2O)c2nc(N)[nH]c(=O)c21. The molecule has 0 radical (unpaired) electrons. The number of aromatic carboxylic acids is 1. The van der Waals surface area contributed by atoms with E-state index in [2.05, 4.69) is 33.7 Å². The Labute approximate surface area is 366 Å². The Morgan fingerprint density at radius 1 is 0.955 bits per heavy atom. The molecule has 0 spiro atoms. The lowest BCUT2D eigenvalue weighted by Crippen LogP contribution is -2.47. The van der Waals surface area contributed by atoms with E-state index in [0.717, 1.165) is 4.57 Å². The number of carbonyl (C=O) groups is 3. The number of aromatic amines is 1. The lowest BCUT2D eigenvalue weighted by Gasteiger charge is -2.22.